The van der Waals surface area contributed by atoms with Gasteiger partial charge in [-0.05, 0) is 64.7 Å². The molecule has 0 aliphatic heterocycles. The third-order valence-electron chi connectivity index (χ3n) is 10.6. The van der Waals surface area contributed by atoms with E-state index in [2.05, 4.69) is 162 Å². The van der Waals surface area contributed by atoms with Gasteiger partial charge in [0.1, 0.15) is 11.2 Å². The summed E-state index contributed by atoms with van der Waals surface area (Å²) in [6.45, 7) is 0. The molecule has 0 bridgehead atoms. The van der Waals surface area contributed by atoms with Crippen LogP contribution in [0.3, 0.4) is 0 Å². The van der Waals surface area contributed by atoms with Crippen LogP contribution in [0.4, 0.5) is 0 Å². The first kappa shape index (κ1) is 31.9. The summed E-state index contributed by atoms with van der Waals surface area (Å²) in [5, 5.41) is 4.61. The molecule has 5 nitrogen and oxygen atoms in total. The molecule has 11 rings (SSSR count). The molecule has 0 spiro atoms. The van der Waals surface area contributed by atoms with Crippen LogP contribution in [0.15, 0.2) is 199 Å². The monoisotopic (exact) mass is 716 g/mol. The zero-order chi connectivity index (χ0) is 37.0. The number of rotatable bonds is 6. The van der Waals surface area contributed by atoms with Crippen molar-refractivity contribution < 1.29 is 4.42 Å². The van der Waals surface area contributed by atoms with Crippen LogP contribution in [0, 0.1) is 0 Å². The molecule has 56 heavy (non-hydrogen) atoms. The second-order valence-electron chi connectivity index (χ2n) is 14.1. The van der Waals surface area contributed by atoms with Crippen molar-refractivity contribution in [2.45, 2.75) is 0 Å². The van der Waals surface area contributed by atoms with Crippen LogP contribution in [0.1, 0.15) is 0 Å². The highest BCUT2D eigenvalue weighted by Gasteiger charge is 2.18. The number of aromatic nitrogens is 4. The summed E-state index contributed by atoms with van der Waals surface area (Å²) in [6, 6.07) is 67.4. The van der Waals surface area contributed by atoms with Crippen molar-refractivity contribution >= 4 is 43.7 Å². The summed E-state index contributed by atoms with van der Waals surface area (Å²) in [4.78, 5) is 15.0. The minimum absolute atomic E-state index is 0.625. The largest absolute Gasteiger partial charge is 0.456 e. The molecular weight excluding hydrogens is 685 g/mol. The van der Waals surface area contributed by atoms with Crippen molar-refractivity contribution in [3.63, 3.8) is 0 Å². The van der Waals surface area contributed by atoms with Gasteiger partial charge < -0.3 is 8.98 Å². The topological polar surface area (TPSA) is 56.7 Å². The van der Waals surface area contributed by atoms with E-state index in [1.54, 1.807) is 0 Å². The number of hydrogen-bond acceptors (Lipinski definition) is 4. The van der Waals surface area contributed by atoms with Gasteiger partial charge in [0, 0.05) is 50.0 Å². The molecule has 0 saturated carbocycles. The molecule has 0 radical (unpaired) electrons. The molecule has 5 heteroatoms. The molecule has 8 aromatic carbocycles. The van der Waals surface area contributed by atoms with Crippen LogP contribution in [-0.2, 0) is 0 Å². The molecule has 0 N–H and O–H groups in total. The Hall–Kier alpha value is -7.63. The van der Waals surface area contributed by atoms with Crippen molar-refractivity contribution in [2.24, 2.45) is 0 Å². The molecule has 0 aliphatic carbocycles. The van der Waals surface area contributed by atoms with E-state index in [0.717, 1.165) is 72.1 Å². The van der Waals surface area contributed by atoms with E-state index in [4.69, 9.17) is 19.4 Å². The fourth-order valence-electron chi connectivity index (χ4n) is 7.90. The minimum atomic E-state index is 0.625. The molecular formula is C51H32N4O. The van der Waals surface area contributed by atoms with Crippen molar-refractivity contribution in [2.75, 3.05) is 0 Å². The van der Waals surface area contributed by atoms with Crippen LogP contribution < -0.4 is 0 Å². The number of furan rings is 1. The maximum absolute atomic E-state index is 6.51. The van der Waals surface area contributed by atoms with E-state index in [-0.39, 0.29) is 0 Å². The van der Waals surface area contributed by atoms with Crippen LogP contribution in [0.5, 0.6) is 0 Å². The Morgan fingerprint density at radius 1 is 0.304 bits per heavy atom. The SMILES string of the molecule is c1ccc(-c2cccc(-c3nc(-c4ccccc4)nc(-c4ccc(-c5ccc6oc7cc8c(cc7c6c5)c5ccccc5n8-c5ccccc5)cc4)n3)c2)cc1. The van der Waals surface area contributed by atoms with Crippen molar-refractivity contribution in [1.29, 1.82) is 0 Å². The second kappa shape index (κ2) is 13.0. The Kier molecular flexibility index (Phi) is 7.42. The summed E-state index contributed by atoms with van der Waals surface area (Å²) >= 11 is 0. The average molecular weight is 717 g/mol. The van der Waals surface area contributed by atoms with Gasteiger partial charge in [-0.2, -0.15) is 0 Å². The summed E-state index contributed by atoms with van der Waals surface area (Å²) in [6.07, 6.45) is 0. The first-order valence-electron chi connectivity index (χ1n) is 18.8. The lowest BCUT2D eigenvalue weighted by molar-refractivity contribution is 0.669. The van der Waals surface area contributed by atoms with Gasteiger partial charge in [-0.3, -0.25) is 0 Å². The highest BCUT2D eigenvalue weighted by Crippen LogP contribution is 2.39. The molecule has 3 heterocycles. The summed E-state index contributed by atoms with van der Waals surface area (Å²) in [7, 11) is 0. The molecule has 0 saturated heterocycles. The fourth-order valence-corrected chi connectivity index (χ4v) is 7.90. The van der Waals surface area contributed by atoms with E-state index >= 15 is 0 Å². The predicted octanol–water partition coefficient (Wildman–Crippen LogP) is 13.2. The fraction of sp³-hybridized carbons (Fsp3) is 0. The lowest BCUT2D eigenvalue weighted by atomic mass is 10.0. The molecule has 0 atom stereocenters. The van der Waals surface area contributed by atoms with Gasteiger partial charge >= 0.3 is 0 Å². The summed E-state index contributed by atoms with van der Waals surface area (Å²) < 4.78 is 8.83. The van der Waals surface area contributed by atoms with Gasteiger partial charge in [-0.15, -0.1) is 0 Å². The van der Waals surface area contributed by atoms with Crippen LogP contribution in [-0.4, -0.2) is 19.5 Å². The lowest BCUT2D eigenvalue weighted by Crippen LogP contribution is -2.00. The molecule has 262 valence electrons. The molecule has 0 unspecified atom stereocenters. The van der Waals surface area contributed by atoms with Crippen molar-refractivity contribution in [3.05, 3.63) is 194 Å². The first-order chi connectivity index (χ1) is 27.7. The smallest absolute Gasteiger partial charge is 0.164 e. The van der Waals surface area contributed by atoms with Crippen LogP contribution in [0.2, 0.25) is 0 Å². The quantitative estimate of drug-likeness (QED) is 0.172. The first-order valence-corrected chi connectivity index (χ1v) is 18.8. The van der Waals surface area contributed by atoms with Gasteiger partial charge in [0.05, 0.1) is 11.0 Å². The standard InChI is InChI=1S/C51H32N4O/c1-4-13-33(14-5-1)37-17-12-18-39(29-37)51-53-49(35-15-6-2-7-16-35)52-50(54-51)36-25-23-34(24-26-36)38-27-28-47-43(30-38)44-31-42-41-21-10-11-22-45(41)55(40-19-8-3-9-20-40)46(42)32-48(44)56-47/h1-32H. The maximum Gasteiger partial charge on any atom is 0.164 e. The molecule has 0 aliphatic rings. The third-order valence-corrected chi connectivity index (χ3v) is 10.6. The van der Waals surface area contributed by atoms with Crippen LogP contribution in [0.25, 0.3) is 106 Å². The number of fused-ring (bicyclic) bond motifs is 6. The molecule has 0 amide bonds. The lowest BCUT2D eigenvalue weighted by Gasteiger charge is -2.10. The maximum atomic E-state index is 6.51. The van der Waals surface area contributed by atoms with Gasteiger partial charge in [0.2, 0.25) is 0 Å². The summed E-state index contributed by atoms with van der Waals surface area (Å²) in [5.74, 6) is 1.90. The van der Waals surface area contributed by atoms with E-state index < -0.39 is 0 Å². The zero-order valence-corrected chi connectivity index (χ0v) is 30.2. The van der Waals surface area contributed by atoms with Gasteiger partial charge in [-0.25, -0.2) is 15.0 Å². The average Bonchev–Trinajstić information content (AvgIpc) is 3.80. The second-order valence-corrected chi connectivity index (χ2v) is 14.1. The van der Waals surface area contributed by atoms with E-state index in [1.165, 1.54) is 16.3 Å². The van der Waals surface area contributed by atoms with Crippen LogP contribution >= 0.6 is 0 Å². The zero-order valence-electron chi connectivity index (χ0n) is 30.2. The molecule has 11 aromatic rings. The normalized spacial score (nSPS) is 11.6. The Balaban J connectivity index is 0.988. The number of nitrogens with zero attached hydrogens (tertiary/aromatic N) is 4. The van der Waals surface area contributed by atoms with E-state index in [0.29, 0.717) is 17.5 Å². The molecule has 3 aromatic heterocycles. The highest BCUT2D eigenvalue weighted by atomic mass is 16.3. The number of benzene rings is 8. The highest BCUT2D eigenvalue weighted by molar-refractivity contribution is 6.17. The van der Waals surface area contributed by atoms with Gasteiger partial charge in [0.25, 0.3) is 0 Å². The van der Waals surface area contributed by atoms with Crippen molar-refractivity contribution in [1.82, 2.24) is 19.5 Å². The van der Waals surface area contributed by atoms with Gasteiger partial charge in [-0.1, -0.05) is 146 Å². The van der Waals surface area contributed by atoms with E-state index in [9.17, 15) is 0 Å². The Labute approximate surface area is 322 Å². The minimum Gasteiger partial charge on any atom is -0.456 e. The van der Waals surface area contributed by atoms with Gasteiger partial charge in [0.15, 0.2) is 17.5 Å². The Morgan fingerprint density at radius 3 is 1.57 bits per heavy atom. The Morgan fingerprint density at radius 2 is 0.821 bits per heavy atom. The Bertz CT molecular complexity index is 3220. The van der Waals surface area contributed by atoms with Crippen molar-refractivity contribution in [3.8, 4) is 62.1 Å². The summed E-state index contributed by atoms with van der Waals surface area (Å²) in [5.41, 5.74) is 12.4. The van der Waals surface area contributed by atoms with E-state index in [1.807, 2.05) is 36.4 Å². The number of hydrogen-bond donors (Lipinski definition) is 0. The number of para-hydroxylation sites is 2. The predicted molar refractivity (Wildman–Crippen MR) is 229 cm³/mol. The molecule has 0 fully saturated rings. The third kappa shape index (κ3) is 5.45.